The van der Waals surface area contributed by atoms with E-state index in [2.05, 4.69) is 0 Å². The molecule has 2 heterocycles. The number of carbonyl (C=O) groups excluding carboxylic acids is 4. The molecule has 4 amide bonds. The number of likely N-dealkylation sites (tertiary alicyclic amines) is 1. The summed E-state index contributed by atoms with van der Waals surface area (Å²) in [5, 5.41) is 0. The van der Waals surface area contributed by atoms with Gasteiger partial charge in [-0.2, -0.15) is 0 Å². The van der Waals surface area contributed by atoms with Gasteiger partial charge in [0.25, 0.3) is 11.8 Å². The van der Waals surface area contributed by atoms with Crippen molar-refractivity contribution < 1.29 is 19.2 Å². The fraction of sp³-hybridized carbons (Fsp3) is 0.455. The molecule has 0 spiro atoms. The van der Waals surface area contributed by atoms with Crippen molar-refractivity contribution in [1.29, 1.82) is 0 Å². The first-order chi connectivity index (χ1) is 7.93. The third-order valence-corrected chi connectivity index (χ3v) is 3.13. The lowest BCUT2D eigenvalue weighted by Gasteiger charge is -2.21. The first kappa shape index (κ1) is 11.5. The molecule has 0 saturated carbocycles. The van der Waals surface area contributed by atoms with E-state index in [9.17, 15) is 19.2 Å². The number of amides is 4. The zero-order valence-electron chi connectivity index (χ0n) is 9.65. The summed E-state index contributed by atoms with van der Waals surface area (Å²) in [5.74, 6) is -1.53. The molecule has 6 nitrogen and oxygen atoms in total. The second kappa shape index (κ2) is 3.80. The summed E-state index contributed by atoms with van der Waals surface area (Å²) in [4.78, 5) is 48.1. The van der Waals surface area contributed by atoms with Crippen LogP contribution in [-0.2, 0) is 19.2 Å². The van der Waals surface area contributed by atoms with Crippen LogP contribution in [0.2, 0.25) is 0 Å². The Morgan fingerprint density at radius 1 is 0.824 bits per heavy atom. The van der Waals surface area contributed by atoms with E-state index in [0.717, 1.165) is 9.80 Å². The number of rotatable bonds is 2. The monoisotopic (exact) mass is 236 g/mol. The Bertz CT molecular complexity index is 438. The lowest BCUT2D eigenvalue weighted by atomic mass is 10.2. The molecule has 17 heavy (non-hydrogen) atoms. The van der Waals surface area contributed by atoms with Crippen LogP contribution < -0.4 is 0 Å². The Morgan fingerprint density at radius 3 is 1.65 bits per heavy atom. The Morgan fingerprint density at radius 2 is 1.24 bits per heavy atom. The van der Waals surface area contributed by atoms with Crippen LogP contribution in [0.25, 0.3) is 0 Å². The molecule has 90 valence electrons. The highest BCUT2D eigenvalue weighted by atomic mass is 16.2. The van der Waals surface area contributed by atoms with Gasteiger partial charge in [-0.3, -0.25) is 29.0 Å². The Balaban J connectivity index is 2.17. The van der Waals surface area contributed by atoms with Crippen LogP contribution in [0, 0.1) is 0 Å². The van der Waals surface area contributed by atoms with Crippen molar-refractivity contribution in [3.63, 3.8) is 0 Å². The average molecular weight is 236 g/mol. The maximum atomic E-state index is 11.7. The van der Waals surface area contributed by atoms with E-state index < -0.39 is 11.8 Å². The molecule has 0 aliphatic carbocycles. The van der Waals surface area contributed by atoms with Crippen LogP contribution in [0.3, 0.4) is 0 Å². The molecule has 0 aromatic carbocycles. The first-order valence-corrected chi connectivity index (χ1v) is 5.30. The van der Waals surface area contributed by atoms with Crippen LogP contribution >= 0.6 is 0 Å². The SMILES string of the molecule is CC1=C(C)C(=O)N(CN2C(=O)CCC2=O)C1=O. The summed E-state index contributed by atoms with van der Waals surface area (Å²) in [7, 11) is 0. The number of imide groups is 2. The first-order valence-electron chi connectivity index (χ1n) is 5.30. The quantitative estimate of drug-likeness (QED) is 0.622. The van der Waals surface area contributed by atoms with Gasteiger partial charge in [0.2, 0.25) is 11.8 Å². The van der Waals surface area contributed by atoms with E-state index >= 15 is 0 Å². The minimum absolute atomic E-state index is 0.153. The van der Waals surface area contributed by atoms with E-state index in [0.29, 0.717) is 11.1 Å². The molecule has 2 aliphatic heterocycles. The molecule has 1 fully saturated rings. The van der Waals surface area contributed by atoms with Gasteiger partial charge in [-0.05, 0) is 13.8 Å². The van der Waals surface area contributed by atoms with Gasteiger partial charge in [-0.15, -0.1) is 0 Å². The van der Waals surface area contributed by atoms with Gasteiger partial charge in [-0.25, -0.2) is 0 Å². The maximum absolute atomic E-state index is 11.7. The molecule has 0 radical (unpaired) electrons. The molecule has 0 atom stereocenters. The van der Waals surface area contributed by atoms with Gasteiger partial charge < -0.3 is 0 Å². The lowest BCUT2D eigenvalue weighted by Crippen LogP contribution is -2.44. The maximum Gasteiger partial charge on any atom is 0.258 e. The summed E-state index contributed by atoms with van der Waals surface area (Å²) in [6.07, 6.45) is 0.306. The molecule has 0 bridgehead atoms. The molecule has 0 aromatic rings. The molecule has 2 aliphatic rings. The normalized spacial score (nSPS) is 21.3. The second-order valence-electron chi connectivity index (χ2n) is 4.15. The molecule has 0 unspecified atom stereocenters. The Kier molecular flexibility index (Phi) is 2.57. The number of carbonyl (C=O) groups is 4. The van der Waals surface area contributed by atoms with Crippen LogP contribution in [-0.4, -0.2) is 40.1 Å². The smallest absolute Gasteiger partial charge is 0.258 e. The number of hydrogen-bond acceptors (Lipinski definition) is 4. The summed E-state index contributed by atoms with van der Waals surface area (Å²) >= 11 is 0. The highest BCUT2D eigenvalue weighted by Crippen LogP contribution is 2.21. The van der Waals surface area contributed by atoms with E-state index in [4.69, 9.17) is 0 Å². The van der Waals surface area contributed by atoms with Gasteiger partial charge in [-0.1, -0.05) is 0 Å². The van der Waals surface area contributed by atoms with E-state index in [1.54, 1.807) is 13.8 Å². The van der Waals surface area contributed by atoms with Crippen LogP contribution in [0.1, 0.15) is 26.7 Å². The van der Waals surface area contributed by atoms with E-state index in [1.807, 2.05) is 0 Å². The minimum atomic E-state index is -0.431. The predicted octanol–water partition coefficient (Wildman–Crippen LogP) is -0.202. The van der Waals surface area contributed by atoms with Crippen molar-refractivity contribution in [2.24, 2.45) is 0 Å². The summed E-state index contributed by atoms with van der Waals surface area (Å²) in [6.45, 7) is 2.86. The van der Waals surface area contributed by atoms with Crippen LogP contribution in [0.5, 0.6) is 0 Å². The second-order valence-corrected chi connectivity index (χ2v) is 4.15. The molecule has 0 N–H and O–H groups in total. The van der Waals surface area contributed by atoms with Gasteiger partial charge in [0.05, 0.1) is 0 Å². The summed E-state index contributed by atoms with van der Waals surface area (Å²) in [6, 6.07) is 0. The molecule has 0 aromatic heterocycles. The zero-order valence-corrected chi connectivity index (χ0v) is 9.65. The van der Waals surface area contributed by atoms with Gasteiger partial charge in [0, 0.05) is 24.0 Å². The number of nitrogens with zero attached hydrogens (tertiary/aromatic N) is 2. The highest BCUT2D eigenvalue weighted by Gasteiger charge is 2.38. The van der Waals surface area contributed by atoms with E-state index in [-0.39, 0.29) is 31.3 Å². The standard InChI is InChI=1S/C11H12N2O4/c1-6-7(2)11(17)13(10(6)16)5-12-8(14)3-4-9(12)15/h3-5H2,1-2H3. The number of hydrogen-bond donors (Lipinski definition) is 0. The van der Waals surface area contributed by atoms with Crippen LogP contribution in [0.15, 0.2) is 11.1 Å². The minimum Gasteiger partial charge on any atom is -0.274 e. The fourth-order valence-electron chi connectivity index (χ4n) is 1.87. The third kappa shape index (κ3) is 1.65. The molecular weight excluding hydrogens is 224 g/mol. The van der Waals surface area contributed by atoms with Gasteiger partial charge in [0.15, 0.2) is 0 Å². The fourth-order valence-corrected chi connectivity index (χ4v) is 1.87. The van der Waals surface area contributed by atoms with Gasteiger partial charge in [0.1, 0.15) is 6.67 Å². The zero-order chi connectivity index (χ0) is 12.7. The van der Waals surface area contributed by atoms with Crippen molar-refractivity contribution in [1.82, 2.24) is 9.80 Å². The van der Waals surface area contributed by atoms with Crippen molar-refractivity contribution >= 4 is 23.6 Å². The predicted molar refractivity (Wildman–Crippen MR) is 56.2 cm³/mol. The molecular formula is C11H12N2O4. The van der Waals surface area contributed by atoms with E-state index in [1.165, 1.54) is 0 Å². The average Bonchev–Trinajstić information content (AvgIpc) is 2.70. The molecule has 1 saturated heterocycles. The Hall–Kier alpha value is -1.98. The van der Waals surface area contributed by atoms with Crippen molar-refractivity contribution in [3.8, 4) is 0 Å². The third-order valence-electron chi connectivity index (χ3n) is 3.13. The highest BCUT2D eigenvalue weighted by molar-refractivity contribution is 6.19. The lowest BCUT2D eigenvalue weighted by molar-refractivity contribution is -0.146. The van der Waals surface area contributed by atoms with Crippen molar-refractivity contribution in [2.45, 2.75) is 26.7 Å². The van der Waals surface area contributed by atoms with Crippen molar-refractivity contribution in [3.05, 3.63) is 11.1 Å². The summed E-state index contributed by atoms with van der Waals surface area (Å²) < 4.78 is 0. The topological polar surface area (TPSA) is 74.8 Å². The largest absolute Gasteiger partial charge is 0.274 e. The van der Waals surface area contributed by atoms with Gasteiger partial charge >= 0.3 is 0 Å². The molecule has 6 heteroatoms. The molecule has 2 rings (SSSR count). The summed E-state index contributed by atoms with van der Waals surface area (Å²) in [5.41, 5.74) is 0.739. The van der Waals surface area contributed by atoms with Crippen molar-refractivity contribution in [2.75, 3.05) is 6.67 Å². The Labute approximate surface area is 97.9 Å². The van der Waals surface area contributed by atoms with Crippen LogP contribution in [0.4, 0.5) is 0 Å².